The molecule has 2 rings (SSSR count). The molecule has 158 valence electrons. The lowest BCUT2D eigenvalue weighted by atomic mass is 9.92. The van der Waals surface area contributed by atoms with Gasteiger partial charge in [-0.05, 0) is 36.1 Å². The van der Waals surface area contributed by atoms with Gasteiger partial charge in [0.25, 0.3) is 0 Å². The number of amides is 1. The first-order valence-electron chi connectivity index (χ1n) is 10.1. The smallest absolute Gasteiger partial charge is 0.238 e. The average molecular weight is 399 g/mol. The number of anilines is 1. The molecule has 1 amide bonds. The van der Waals surface area contributed by atoms with Crippen molar-refractivity contribution in [2.45, 2.75) is 46.1 Å². The highest BCUT2D eigenvalue weighted by molar-refractivity contribution is 5.94. The Kier molecular flexibility index (Phi) is 8.09. The van der Waals surface area contributed by atoms with Crippen LogP contribution in [0.5, 0.6) is 11.5 Å². The Hall–Kier alpha value is -2.53. The zero-order valence-electron chi connectivity index (χ0n) is 18.7. The zero-order chi connectivity index (χ0) is 21.6. The van der Waals surface area contributed by atoms with Gasteiger partial charge in [-0.2, -0.15) is 0 Å². The van der Waals surface area contributed by atoms with Crippen molar-refractivity contribution in [3.05, 3.63) is 53.1 Å². The Balaban J connectivity index is 2.12. The van der Waals surface area contributed by atoms with Gasteiger partial charge in [-0.25, -0.2) is 0 Å². The molecule has 1 N–H and O–H groups in total. The monoisotopic (exact) mass is 398 g/mol. The van der Waals surface area contributed by atoms with Crippen molar-refractivity contribution in [3.63, 3.8) is 0 Å². The number of hydrogen-bond acceptors (Lipinski definition) is 4. The molecule has 29 heavy (non-hydrogen) atoms. The van der Waals surface area contributed by atoms with Gasteiger partial charge in [-0.15, -0.1) is 0 Å². The van der Waals surface area contributed by atoms with E-state index < -0.39 is 0 Å². The molecule has 5 heteroatoms. The third-order valence-electron chi connectivity index (χ3n) is 4.99. The van der Waals surface area contributed by atoms with Crippen molar-refractivity contribution in [2.75, 3.05) is 33.1 Å². The SMILES string of the molecule is COc1ccc(CN(C)CC(=O)Nc2c(C(C)C)cccc2C(C)C)c(OC)c1. The predicted molar refractivity (Wildman–Crippen MR) is 119 cm³/mol. The van der Waals surface area contributed by atoms with Gasteiger partial charge in [0.05, 0.1) is 20.8 Å². The Morgan fingerprint density at radius 3 is 2.14 bits per heavy atom. The van der Waals surface area contributed by atoms with E-state index in [0.29, 0.717) is 24.9 Å². The van der Waals surface area contributed by atoms with Crippen LogP contribution in [0.4, 0.5) is 5.69 Å². The van der Waals surface area contributed by atoms with E-state index in [1.165, 1.54) is 11.1 Å². The summed E-state index contributed by atoms with van der Waals surface area (Å²) in [7, 11) is 5.20. The molecule has 0 unspecified atom stereocenters. The Morgan fingerprint density at radius 1 is 1.00 bits per heavy atom. The largest absolute Gasteiger partial charge is 0.497 e. The molecule has 0 saturated carbocycles. The number of nitrogens with zero attached hydrogens (tertiary/aromatic N) is 1. The second-order valence-electron chi connectivity index (χ2n) is 8.02. The number of likely N-dealkylation sites (N-methyl/N-ethyl adjacent to an activating group) is 1. The van der Waals surface area contributed by atoms with Gasteiger partial charge in [0.2, 0.25) is 5.91 Å². The number of nitrogens with one attached hydrogen (secondary N) is 1. The third-order valence-corrected chi connectivity index (χ3v) is 4.99. The van der Waals surface area contributed by atoms with Crippen molar-refractivity contribution in [1.29, 1.82) is 0 Å². The fourth-order valence-corrected chi connectivity index (χ4v) is 3.45. The maximum Gasteiger partial charge on any atom is 0.238 e. The summed E-state index contributed by atoms with van der Waals surface area (Å²) in [6, 6.07) is 12.0. The number of carbonyl (C=O) groups is 1. The Bertz CT molecular complexity index is 805. The molecule has 5 nitrogen and oxygen atoms in total. The first kappa shape index (κ1) is 22.8. The fraction of sp³-hybridized carbons (Fsp3) is 0.458. The number of ether oxygens (including phenoxy) is 2. The van der Waals surface area contributed by atoms with E-state index in [1.54, 1.807) is 14.2 Å². The first-order chi connectivity index (χ1) is 13.8. The highest BCUT2D eigenvalue weighted by Gasteiger charge is 2.17. The van der Waals surface area contributed by atoms with Crippen molar-refractivity contribution in [1.82, 2.24) is 4.90 Å². The van der Waals surface area contributed by atoms with Crippen LogP contribution in [0.15, 0.2) is 36.4 Å². The van der Waals surface area contributed by atoms with Crippen LogP contribution < -0.4 is 14.8 Å². The number of methoxy groups -OCH3 is 2. The quantitative estimate of drug-likeness (QED) is 0.644. The molecule has 0 aliphatic carbocycles. The molecule has 0 atom stereocenters. The lowest BCUT2D eigenvalue weighted by molar-refractivity contribution is -0.117. The second-order valence-corrected chi connectivity index (χ2v) is 8.02. The molecule has 2 aromatic carbocycles. The summed E-state index contributed by atoms with van der Waals surface area (Å²) in [6.07, 6.45) is 0. The minimum Gasteiger partial charge on any atom is -0.497 e. The van der Waals surface area contributed by atoms with Crippen LogP contribution in [0.25, 0.3) is 0 Å². The lowest BCUT2D eigenvalue weighted by Gasteiger charge is -2.22. The molecule has 0 fully saturated rings. The molecule has 0 spiro atoms. The summed E-state index contributed by atoms with van der Waals surface area (Å²) in [4.78, 5) is 14.8. The van der Waals surface area contributed by atoms with E-state index >= 15 is 0 Å². The normalized spacial score (nSPS) is 11.2. The van der Waals surface area contributed by atoms with E-state index in [9.17, 15) is 4.79 Å². The number of benzene rings is 2. The van der Waals surface area contributed by atoms with Crippen molar-refractivity contribution < 1.29 is 14.3 Å². The molecule has 0 radical (unpaired) electrons. The summed E-state index contributed by atoms with van der Waals surface area (Å²) in [5.41, 5.74) is 4.31. The van der Waals surface area contributed by atoms with Crippen molar-refractivity contribution >= 4 is 11.6 Å². The van der Waals surface area contributed by atoms with Gasteiger partial charge in [0.1, 0.15) is 11.5 Å². The summed E-state index contributed by atoms with van der Waals surface area (Å²) in [5, 5.41) is 3.17. The van der Waals surface area contributed by atoms with E-state index in [2.05, 4.69) is 51.2 Å². The number of hydrogen-bond donors (Lipinski definition) is 1. The standard InChI is InChI=1S/C24H34N2O3/c1-16(2)20-9-8-10-21(17(3)4)24(20)25-23(27)15-26(5)14-18-11-12-19(28-6)13-22(18)29-7/h8-13,16-17H,14-15H2,1-7H3,(H,25,27). The highest BCUT2D eigenvalue weighted by Crippen LogP contribution is 2.32. The molecular weight excluding hydrogens is 364 g/mol. The first-order valence-corrected chi connectivity index (χ1v) is 10.1. The molecular formula is C24H34N2O3. The summed E-state index contributed by atoms with van der Waals surface area (Å²) in [6.45, 7) is 9.49. The predicted octanol–water partition coefficient (Wildman–Crippen LogP) is 5.02. The van der Waals surface area contributed by atoms with Crippen LogP contribution in [0.1, 0.15) is 56.2 Å². The maximum absolute atomic E-state index is 12.8. The van der Waals surface area contributed by atoms with E-state index in [4.69, 9.17) is 9.47 Å². The molecule has 0 aliphatic rings. The van der Waals surface area contributed by atoms with Crippen LogP contribution >= 0.6 is 0 Å². The van der Waals surface area contributed by atoms with E-state index in [0.717, 1.165) is 22.7 Å². The summed E-state index contributed by atoms with van der Waals surface area (Å²) in [5.74, 6) is 2.16. The zero-order valence-corrected chi connectivity index (χ0v) is 18.7. The van der Waals surface area contributed by atoms with Gasteiger partial charge in [0, 0.05) is 23.9 Å². The summed E-state index contributed by atoms with van der Waals surface area (Å²) >= 11 is 0. The molecule has 0 saturated heterocycles. The van der Waals surface area contributed by atoms with Gasteiger partial charge in [-0.3, -0.25) is 9.69 Å². The van der Waals surface area contributed by atoms with Crippen LogP contribution in [-0.4, -0.2) is 38.6 Å². The van der Waals surface area contributed by atoms with Gasteiger partial charge in [-0.1, -0.05) is 52.0 Å². The van der Waals surface area contributed by atoms with E-state index in [-0.39, 0.29) is 5.91 Å². The molecule has 0 aliphatic heterocycles. The van der Waals surface area contributed by atoms with Crippen molar-refractivity contribution in [3.8, 4) is 11.5 Å². The third kappa shape index (κ3) is 5.97. The van der Waals surface area contributed by atoms with Crippen LogP contribution in [-0.2, 0) is 11.3 Å². The average Bonchev–Trinajstić information content (AvgIpc) is 2.67. The topological polar surface area (TPSA) is 50.8 Å². The minimum absolute atomic E-state index is 0.0185. The van der Waals surface area contributed by atoms with Gasteiger partial charge < -0.3 is 14.8 Å². The lowest BCUT2D eigenvalue weighted by Crippen LogP contribution is -2.30. The number of carbonyl (C=O) groups excluding carboxylic acids is 1. The highest BCUT2D eigenvalue weighted by atomic mass is 16.5. The molecule has 0 bridgehead atoms. The number of para-hydroxylation sites is 1. The molecule has 0 aromatic heterocycles. The fourth-order valence-electron chi connectivity index (χ4n) is 3.45. The van der Waals surface area contributed by atoms with Crippen LogP contribution in [0.3, 0.4) is 0 Å². The molecule has 0 heterocycles. The second kappa shape index (κ2) is 10.3. The van der Waals surface area contributed by atoms with Crippen LogP contribution in [0, 0.1) is 0 Å². The minimum atomic E-state index is -0.0185. The van der Waals surface area contributed by atoms with Crippen LogP contribution in [0.2, 0.25) is 0 Å². The Labute approximate surface area is 175 Å². The van der Waals surface area contributed by atoms with Gasteiger partial charge in [0.15, 0.2) is 0 Å². The molecule has 2 aromatic rings. The Morgan fingerprint density at radius 2 is 1.62 bits per heavy atom. The van der Waals surface area contributed by atoms with Crippen molar-refractivity contribution in [2.24, 2.45) is 0 Å². The number of rotatable bonds is 9. The maximum atomic E-state index is 12.8. The van der Waals surface area contributed by atoms with Gasteiger partial charge >= 0.3 is 0 Å². The summed E-state index contributed by atoms with van der Waals surface area (Å²) < 4.78 is 10.7. The van der Waals surface area contributed by atoms with E-state index in [1.807, 2.05) is 30.1 Å².